The van der Waals surface area contributed by atoms with Gasteiger partial charge in [0.25, 0.3) is 5.91 Å². The Kier molecular flexibility index (Phi) is 6.59. The summed E-state index contributed by atoms with van der Waals surface area (Å²) in [6.45, 7) is 4.06. The molecule has 1 aromatic rings. The van der Waals surface area contributed by atoms with E-state index in [4.69, 9.17) is 0 Å². The quantitative estimate of drug-likeness (QED) is 0.694. The summed E-state index contributed by atoms with van der Waals surface area (Å²) >= 11 is 3.27. The van der Waals surface area contributed by atoms with Gasteiger partial charge in [-0.3, -0.25) is 20.4 Å². The number of hydrazine groups is 1. The number of nitrogens with one attached hydrogen (secondary N) is 2. The molecular weight excluding hydrogens is 410 g/mol. The number of halogens is 1. The highest BCUT2D eigenvalue weighted by molar-refractivity contribution is 9.10. The number of sulfonamides is 1. The lowest BCUT2D eigenvalue weighted by molar-refractivity contribution is -0.131. The first-order valence-electron chi connectivity index (χ1n) is 8.08. The van der Waals surface area contributed by atoms with Crippen molar-refractivity contribution >= 4 is 37.8 Å². The third-order valence-electron chi connectivity index (χ3n) is 3.85. The summed E-state index contributed by atoms with van der Waals surface area (Å²) in [5.74, 6) is -0.656. The van der Waals surface area contributed by atoms with Gasteiger partial charge in [0.05, 0.1) is 4.90 Å². The number of hydrogen-bond donors (Lipinski definition) is 2. The number of hydrogen-bond acceptors (Lipinski definition) is 4. The number of benzene rings is 1. The second-order valence-corrected chi connectivity index (χ2v) is 9.17. The summed E-state index contributed by atoms with van der Waals surface area (Å²) in [6, 6.07) is 5.45. The van der Waals surface area contributed by atoms with Gasteiger partial charge in [0.15, 0.2) is 0 Å². The molecule has 9 heteroatoms. The Bertz CT molecular complexity index is 734. The van der Waals surface area contributed by atoms with E-state index in [0.29, 0.717) is 12.8 Å². The zero-order valence-corrected chi connectivity index (χ0v) is 16.6. The molecule has 1 saturated heterocycles. The lowest BCUT2D eigenvalue weighted by Crippen LogP contribution is -2.51. The molecule has 0 spiro atoms. The molecule has 1 fully saturated rings. The van der Waals surface area contributed by atoms with Gasteiger partial charge in [0.1, 0.15) is 6.04 Å². The van der Waals surface area contributed by atoms with E-state index in [0.717, 1.165) is 4.47 Å². The molecule has 2 rings (SSSR count). The lowest BCUT2D eigenvalue weighted by Gasteiger charge is -2.23. The number of carbonyl (C=O) groups excluding carboxylic acids is 2. The van der Waals surface area contributed by atoms with Crippen molar-refractivity contribution in [2.24, 2.45) is 5.92 Å². The molecule has 0 bridgehead atoms. The lowest BCUT2D eigenvalue weighted by atomic mass is 10.1. The first kappa shape index (κ1) is 19.9. The van der Waals surface area contributed by atoms with Crippen molar-refractivity contribution < 1.29 is 18.0 Å². The van der Waals surface area contributed by atoms with E-state index in [2.05, 4.69) is 26.8 Å². The first-order valence-corrected chi connectivity index (χ1v) is 10.3. The summed E-state index contributed by atoms with van der Waals surface area (Å²) in [7, 11) is -3.77. The molecule has 1 aliphatic rings. The molecule has 1 unspecified atom stereocenters. The van der Waals surface area contributed by atoms with Crippen molar-refractivity contribution in [2.75, 3.05) is 6.54 Å². The van der Waals surface area contributed by atoms with Crippen LogP contribution in [-0.2, 0) is 19.6 Å². The normalized spacial score (nSPS) is 18.3. The van der Waals surface area contributed by atoms with E-state index in [1.165, 1.54) is 16.4 Å². The summed E-state index contributed by atoms with van der Waals surface area (Å²) < 4.78 is 27.5. The Morgan fingerprint density at radius 2 is 1.88 bits per heavy atom. The molecule has 0 aliphatic carbocycles. The van der Waals surface area contributed by atoms with Crippen molar-refractivity contribution in [3.05, 3.63) is 28.7 Å². The van der Waals surface area contributed by atoms with E-state index in [-0.39, 0.29) is 29.7 Å². The summed E-state index contributed by atoms with van der Waals surface area (Å²) in [4.78, 5) is 24.1. The van der Waals surface area contributed by atoms with Gasteiger partial charge in [0, 0.05) is 17.4 Å². The monoisotopic (exact) mass is 431 g/mol. The van der Waals surface area contributed by atoms with Gasteiger partial charge in [-0.05, 0) is 43.0 Å². The minimum absolute atomic E-state index is 0.138. The zero-order valence-electron chi connectivity index (χ0n) is 14.2. The first-order chi connectivity index (χ1) is 11.7. The van der Waals surface area contributed by atoms with Gasteiger partial charge < -0.3 is 0 Å². The predicted molar refractivity (Wildman–Crippen MR) is 96.8 cm³/mol. The van der Waals surface area contributed by atoms with E-state index in [9.17, 15) is 18.0 Å². The van der Waals surface area contributed by atoms with Crippen LogP contribution in [0.5, 0.6) is 0 Å². The van der Waals surface area contributed by atoms with Crippen LogP contribution in [0.4, 0.5) is 0 Å². The van der Waals surface area contributed by atoms with Crippen LogP contribution in [-0.4, -0.2) is 37.1 Å². The topological polar surface area (TPSA) is 95.6 Å². The third-order valence-corrected chi connectivity index (χ3v) is 6.30. The van der Waals surface area contributed by atoms with Crippen LogP contribution in [0.1, 0.15) is 33.1 Å². The molecule has 7 nitrogen and oxygen atoms in total. The van der Waals surface area contributed by atoms with Crippen molar-refractivity contribution in [3.63, 3.8) is 0 Å². The van der Waals surface area contributed by atoms with Gasteiger partial charge in [-0.25, -0.2) is 8.42 Å². The fraction of sp³-hybridized carbons (Fsp3) is 0.500. The highest BCUT2D eigenvalue weighted by Gasteiger charge is 2.39. The van der Waals surface area contributed by atoms with Crippen molar-refractivity contribution in [1.29, 1.82) is 0 Å². The maximum absolute atomic E-state index is 12.8. The fourth-order valence-electron chi connectivity index (χ4n) is 2.67. The van der Waals surface area contributed by atoms with Gasteiger partial charge in [-0.1, -0.05) is 29.8 Å². The summed E-state index contributed by atoms with van der Waals surface area (Å²) in [5.41, 5.74) is 4.68. The largest absolute Gasteiger partial charge is 0.273 e. The highest BCUT2D eigenvalue weighted by atomic mass is 79.9. The van der Waals surface area contributed by atoms with Gasteiger partial charge >= 0.3 is 0 Å². The van der Waals surface area contributed by atoms with Crippen LogP contribution < -0.4 is 10.9 Å². The smallest absolute Gasteiger partial charge is 0.256 e. The van der Waals surface area contributed by atoms with E-state index in [1.807, 2.05) is 13.8 Å². The third kappa shape index (κ3) is 5.02. The second kappa shape index (κ2) is 8.29. The Balaban J connectivity index is 2.07. The van der Waals surface area contributed by atoms with Crippen LogP contribution in [0.2, 0.25) is 0 Å². The number of carbonyl (C=O) groups is 2. The van der Waals surface area contributed by atoms with E-state index < -0.39 is 22.0 Å². The van der Waals surface area contributed by atoms with E-state index >= 15 is 0 Å². The van der Waals surface area contributed by atoms with Gasteiger partial charge in [0.2, 0.25) is 15.9 Å². The minimum atomic E-state index is -3.77. The molecule has 1 heterocycles. The molecule has 25 heavy (non-hydrogen) atoms. The Hall–Kier alpha value is -1.45. The highest BCUT2D eigenvalue weighted by Crippen LogP contribution is 2.27. The molecule has 1 aliphatic heterocycles. The van der Waals surface area contributed by atoms with Gasteiger partial charge in [-0.2, -0.15) is 4.31 Å². The number of amides is 2. The van der Waals surface area contributed by atoms with E-state index in [1.54, 1.807) is 12.1 Å². The molecule has 0 aromatic heterocycles. The molecule has 0 saturated carbocycles. The Morgan fingerprint density at radius 1 is 1.24 bits per heavy atom. The number of rotatable bonds is 5. The van der Waals surface area contributed by atoms with Crippen LogP contribution in [0.15, 0.2) is 33.6 Å². The van der Waals surface area contributed by atoms with Crippen molar-refractivity contribution in [1.82, 2.24) is 15.2 Å². The molecule has 1 aromatic carbocycles. The maximum atomic E-state index is 12.8. The van der Waals surface area contributed by atoms with Crippen LogP contribution in [0.25, 0.3) is 0 Å². The maximum Gasteiger partial charge on any atom is 0.256 e. The number of nitrogens with zero attached hydrogens (tertiary/aromatic N) is 1. The standard InChI is InChI=1S/C16H22BrN3O4S/c1-11(2)10-15(21)18-19-16(22)14-4-3-9-20(14)25(23,24)13-7-5-12(17)6-8-13/h5-8,11,14H,3-4,9-10H2,1-2H3,(H,18,21)(H,19,22). The Labute approximate surface area is 156 Å². The van der Waals surface area contributed by atoms with Crippen molar-refractivity contribution in [3.8, 4) is 0 Å². The predicted octanol–water partition coefficient (Wildman–Crippen LogP) is 1.80. The molecule has 0 radical (unpaired) electrons. The molecule has 1 atom stereocenters. The van der Waals surface area contributed by atoms with Crippen molar-refractivity contribution in [2.45, 2.75) is 44.0 Å². The zero-order chi connectivity index (χ0) is 18.6. The minimum Gasteiger partial charge on any atom is -0.273 e. The SMILES string of the molecule is CC(C)CC(=O)NNC(=O)C1CCCN1S(=O)(=O)c1ccc(Br)cc1. The molecular formula is C16H22BrN3O4S. The average molecular weight is 432 g/mol. The van der Waals surface area contributed by atoms with Crippen LogP contribution in [0.3, 0.4) is 0 Å². The van der Waals surface area contributed by atoms with Crippen LogP contribution in [0, 0.1) is 5.92 Å². The summed E-state index contributed by atoms with van der Waals surface area (Å²) in [6.07, 6.45) is 1.29. The molecule has 138 valence electrons. The second-order valence-electron chi connectivity index (χ2n) is 6.36. The molecule has 2 amide bonds. The average Bonchev–Trinajstić information content (AvgIpc) is 3.03. The Morgan fingerprint density at radius 3 is 2.48 bits per heavy atom. The fourth-order valence-corrected chi connectivity index (χ4v) is 4.59. The van der Waals surface area contributed by atoms with Crippen LogP contribution >= 0.6 is 15.9 Å². The summed E-state index contributed by atoms with van der Waals surface area (Å²) in [5, 5.41) is 0. The van der Waals surface area contributed by atoms with Gasteiger partial charge in [-0.15, -0.1) is 0 Å². The molecule has 2 N–H and O–H groups in total.